The largest absolute Gasteiger partial charge is 0.316 e. The number of hydrogen-bond acceptors (Lipinski definition) is 4. The minimum Gasteiger partial charge on any atom is -0.316 e. The van der Waals surface area contributed by atoms with E-state index in [1.54, 1.807) is 18.2 Å². The van der Waals surface area contributed by atoms with E-state index in [1.165, 1.54) is 29.5 Å². The maximum absolute atomic E-state index is 12.6. The summed E-state index contributed by atoms with van der Waals surface area (Å²) >= 11 is 13.2. The number of nitrogens with zero attached hydrogens (tertiary/aromatic N) is 3. The van der Waals surface area contributed by atoms with E-state index in [9.17, 15) is 14.9 Å². The molecule has 0 saturated carbocycles. The fraction of sp³-hybridized carbons (Fsp3) is 0.176. The number of hydrogen-bond donors (Lipinski definition) is 0. The van der Waals surface area contributed by atoms with Crippen LogP contribution in [0.5, 0.6) is 0 Å². The van der Waals surface area contributed by atoms with Crippen molar-refractivity contribution in [2.24, 2.45) is 4.99 Å². The molecule has 0 bridgehead atoms. The molecule has 26 heavy (non-hydrogen) atoms. The second-order valence-corrected chi connectivity index (χ2v) is 7.34. The number of carbonyl (C=O) groups excluding carboxylic acids is 1. The summed E-state index contributed by atoms with van der Waals surface area (Å²) in [6, 6.07) is 9.22. The maximum atomic E-state index is 12.6. The number of aryl methyl sites for hydroxylation is 1. The summed E-state index contributed by atoms with van der Waals surface area (Å²) in [7, 11) is 0. The van der Waals surface area contributed by atoms with Crippen molar-refractivity contribution in [3.8, 4) is 0 Å². The highest BCUT2D eigenvalue weighted by Crippen LogP contribution is 2.24. The number of aromatic nitrogens is 1. The van der Waals surface area contributed by atoms with Gasteiger partial charge in [0.05, 0.1) is 25.7 Å². The molecule has 2 aromatic carbocycles. The Kier molecular flexibility index (Phi) is 5.41. The van der Waals surface area contributed by atoms with Gasteiger partial charge in [0, 0.05) is 23.7 Å². The van der Waals surface area contributed by atoms with Crippen molar-refractivity contribution in [1.82, 2.24) is 4.57 Å². The molecule has 0 spiro atoms. The molecule has 0 unspecified atom stereocenters. The van der Waals surface area contributed by atoms with Crippen molar-refractivity contribution < 1.29 is 9.72 Å². The first-order chi connectivity index (χ1) is 12.4. The molecule has 1 aromatic heterocycles. The number of halogens is 2. The number of fused-ring (bicyclic) bond motifs is 1. The van der Waals surface area contributed by atoms with Gasteiger partial charge < -0.3 is 4.57 Å². The zero-order valence-electron chi connectivity index (χ0n) is 13.6. The van der Waals surface area contributed by atoms with Gasteiger partial charge in [-0.1, -0.05) is 41.5 Å². The monoisotopic (exact) mass is 409 g/mol. The molecule has 9 heteroatoms. The van der Waals surface area contributed by atoms with Crippen molar-refractivity contribution >= 4 is 56.3 Å². The molecule has 134 valence electrons. The molecule has 6 nitrogen and oxygen atoms in total. The van der Waals surface area contributed by atoms with E-state index in [-0.39, 0.29) is 16.3 Å². The van der Waals surface area contributed by atoms with Gasteiger partial charge in [0.15, 0.2) is 4.80 Å². The van der Waals surface area contributed by atoms with E-state index in [1.807, 2.05) is 11.5 Å². The summed E-state index contributed by atoms with van der Waals surface area (Å²) in [5, 5.41) is 11.6. The van der Waals surface area contributed by atoms with E-state index >= 15 is 0 Å². The lowest BCUT2D eigenvalue weighted by atomic mass is 10.2. The summed E-state index contributed by atoms with van der Waals surface area (Å²) in [5.41, 5.74) is 1.01. The van der Waals surface area contributed by atoms with Gasteiger partial charge in [0.25, 0.3) is 11.6 Å². The number of carbonyl (C=O) groups is 1. The Balaban J connectivity index is 2.17. The molecular weight excluding hydrogens is 397 g/mol. The number of non-ortho nitro benzene ring substituents is 1. The highest BCUT2D eigenvalue weighted by atomic mass is 35.5. The molecule has 0 saturated heterocycles. The van der Waals surface area contributed by atoms with Crippen molar-refractivity contribution in [1.29, 1.82) is 0 Å². The van der Waals surface area contributed by atoms with Crippen molar-refractivity contribution in [2.45, 2.75) is 19.9 Å². The lowest BCUT2D eigenvalue weighted by molar-refractivity contribution is -0.384. The highest BCUT2D eigenvalue weighted by molar-refractivity contribution is 7.16. The Morgan fingerprint density at radius 2 is 2.04 bits per heavy atom. The molecule has 1 amide bonds. The molecule has 0 radical (unpaired) electrons. The Morgan fingerprint density at radius 3 is 2.73 bits per heavy atom. The van der Waals surface area contributed by atoms with Gasteiger partial charge in [0.2, 0.25) is 0 Å². The smallest absolute Gasteiger partial charge is 0.281 e. The number of benzene rings is 2. The number of rotatable bonds is 4. The Labute approximate surface area is 162 Å². The standard InChI is InChI=1S/C17H13Cl2N3O3S/c1-2-7-21-14-6-4-11(22(24)25)9-15(14)26-17(21)20-16(23)12-8-10(18)3-5-13(12)19/h3-6,8-9H,2,7H2,1H3. The first kappa shape index (κ1) is 18.6. The molecule has 0 atom stereocenters. The van der Waals surface area contributed by atoms with Crippen molar-refractivity contribution in [3.63, 3.8) is 0 Å². The third-order valence-electron chi connectivity index (χ3n) is 3.68. The van der Waals surface area contributed by atoms with Crippen LogP contribution >= 0.6 is 34.5 Å². The normalized spacial score (nSPS) is 11.9. The first-order valence-corrected chi connectivity index (χ1v) is 9.30. The summed E-state index contributed by atoms with van der Waals surface area (Å²) in [4.78, 5) is 27.8. The molecule has 3 aromatic rings. The van der Waals surface area contributed by atoms with Crippen LogP contribution in [-0.2, 0) is 6.54 Å². The molecule has 0 aliphatic rings. The predicted octanol–water partition coefficient (Wildman–Crippen LogP) is 5.07. The average Bonchev–Trinajstić information content (AvgIpc) is 2.94. The van der Waals surface area contributed by atoms with Gasteiger partial charge in [-0.15, -0.1) is 0 Å². The van der Waals surface area contributed by atoms with E-state index in [2.05, 4.69) is 4.99 Å². The Bertz CT molecular complexity index is 1090. The first-order valence-electron chi connectivity index (χ1n) is 7.72. The summed E-state index contributed by atoms with van der Waals surface area (Å²) in [5.74, 6) is -0.511. The number of nitro groups is 1. The van der Waals surface area contributed by atoms with Gasteiger partial charge in [-0.05, 0) is 30.7 Å². The summed E-state index contributed by atoms with van der Waals surface area (Å²) < 4.78 is 2.57. The van der Waals surface area contributed by atoms with Crippen LogP contribution in [0.15, 0.2) is 41.4 Å². The molecule has 3 rings (SSSR count). The van der Waals surface area contributed by atoms with Crippen LogP contribution in [0.1, 0.15) is 23.7 Å². The third-order valence-corrected chi connectivity index (χ3v) is 5.29. The third kappa shape index (κ3) is 3.65. The van der Waals surface area contributed by atoms with E-state index in [4.69, 9.17) is 23.2 Å². The van der Waals surface area contributed by atoms with Crippen LogP contribution in [0.25, 0.3) is 10.2 Å². The summed E-state index contributed by atoms with van der Waals surface area (Å²) in [6.45, 7) is 2.63. The average molecular weight is 410 g/mol. The minimum absolute atomic E-state index is 0.00170. The van der Waals surface area contributed by atoms with Crippen LogP contribution < -0.4 is 4.80 Å². The zero-order valence-corrected chi connectivity index (χ0v) is 15.9. The number of thiazole rings is 1. The van der Waals surface area contributed by atoms with E-state index in [0.29, 0.717) is 21.1 Å². The molecule has 0 aliphatic carbocycles. The lowest BCUT2D eigenvalue weighted by Gasteiger charge is -2.03. The summed E-state index contributed by atoms with van der Waals surface area (Å²) in [6.07, 6.45) is 0.822. The number of nitro benzene ring substituents is 1. The molecule has 0 fully saturated rings. The van der Waals surface area contributed by atoms with Crippen LogP contribution in [0.2, 0.25) is 10.0 Å². The number of amides is 1. The topological polar surface area (TPSA) is 77.5 Å². The van der Waals surface area contributed by atoms with Gasteiger partial charge >= 0.3 is 0 Å². The Hall–Kier alpha value is -2.22. The molecule has 1 heterocycles. The van der Waals surface area contributed by atoms with E-state index < -0.39 is 10.8 Å². The van der Waals surface area contributed by atoms with Crippen LogP contribution in [0.3, 0.4) is 0 Å². The second-order valence-electron chi connectivity index (χ2n) is 5.49. The molecular formula is C17H13Cl2N3O3S. The molecule has 0 aliphatic heterocycles. The SMILES string of the molecule is CCCn1c(=NC(=O)c2cc(Cl)ccc2Cl)sc2cc([N+](=O)[O-])ccc21. The van der Waals surface area contributed by atoms with Gasteiger partial charge in [-0.2, -0.15) is 4.99 Å². The van der Waals surface area contributed by atoms with Crippen LogP contribution in [-0.4, -0.2) is 15.4 Å². The fourth-order valence-electron chi connectivity index (χ4n) is 2.51. The van der Waals surface area contributed by atoms with Crippen molar-refractivity contribution in [2.75, 3.05) is 0 Å². The molecule has 0 N–H and O–H groups in total. The van der Waals surface area contributed by atoms with E-state index in [0.717, 1.165) is 11.9 Å². The zero-order chi connectivity index (χ0) is 18.8. The quantitative estimate of drug-likeness (QED) is 0.445. The Morgan fingerprint density at radius 1 is 1.27 bits per heavy atom. The second kappa shape index (κ2) is 7.57. The van der Waals surface area contributed by atoms with Crippen LogP contribution in [0, 0.1) is 10.1 Å². The minimum atomic E-state index is -0.511. The van der Waals surface area contributed by atoms with Crippen molar-refractivity contribution in [3.05, 3.63) is 66.9 Å². The highest BCUT2D eigenvalue weighted by Gasteiger charge is 2.14. The maximum Gasteiger partial charge on any atom is 0.281 e. The van der Waals surface area contributed by atoms with Gasteiger partial charge in [0.1, 0.15) is 0 Å². The fourth-order valence-corrected chi connectivity index (χ4v) is 3.97. The lowest BCUT2D eigenvalue weighted by Crippen LogP contribution is -2.17. The van der Waals surface area contributed by atoms with Gasteiger partial charge in [-0.25, -0.2) is 0 Å². The van der Waals surface area contributed by atoms with Crippen LogP contribution in [0.4, 0.5) is 5.69 Å². The van der Waals surface area contributed by atoms with Gasteiger partial charge in [-0.3, -0.25) is 14.9 Å². The predicted molar refractivity (Wildman–Crippen MR) is 103 cm³/mol.